The van der Waals surface area contributed by atoms with Crippen LogP contribution in [0.1, 0.15) is 18.9 Å². The first-order valence-corrected chi connectivity index (χ1v) is 6.51. The van der Waals surface area contributed by atoms with Crippen LogP contribution in [0.2, 0.25) is 0 Å². The van der Waals surface area contributed by atoms with E-state index in [0.29, 0.717) is 31.1 Å². The molecule has 1 aliphatic heterocycles. The molecular weight excluding hydrogens is 250 g/mol. The van der Waals surface area contributed by atoms with Gasteiger partial charge < -0.3 is 10.2 Å². The minimum Gasteiger partial charge on any atom is -0.340 e. The Morgan fingerprint density at radius 1 is 1.47 bits per heavy atom. The Bertz CT molecular complexity index is 465. The first kappa shape index (κ1) is 13.9. The van der Waals surface area contributed by atoms with Gasteiger partial charge in [-0.1, -0.05) is 6.07 Å². The van der Waals surface area contributed by atoms with Gasteiger partial charge in [-0.3, -0.25) is 4.79 Å². The molecule has 0 radical (unpaired) electrons. The molecule has 1 N–H and O–H groups in total. The maximum atomic E-state index is 13.4. The minimum absolute atomic E-state index is 0.0251. The number of nitrogens with one attached hydrogen (secondary N) is 1. The van der Waals surface area contributed by atoms with Gasteiger partial charge in [0.25, 0.3) is 0 Å². The van der Waals surface area contributed by atoms with Gasteiger partial charge in [-0.2, -0.15) is 0 Å². The largest absolute Gasteiger partial charge is 0.340 e. The molecule has 0 spiro atoms. The normalized spacial score (nSPS) is 19.5. The zero-order chi connectivity index (χ0) is 13.8. The van der Waals surface area contributed by atoms with Crippen LogP contribution in [0.5, 0.6) is 0 Å². The summed E-state index contributed by atoms with van der Waals surface area (Å²) < 4.78 is 26.2. The molecule has 0 unspecified atom stereocenters. The Kier molecular flexibility index (Phi) is 4.47. The lowest BCUT2D eigenvalue weighted by atomic mass is 10.1. The number of amides is 1. The molecule has 2 rings (SSSR count). The summed E-state index contributed by atoms with van der Waals surface area (Å²) in [6.45, 7) is 4.19. The van der Waals surface area contributed by atoms with Crippen molar-refractivity contribution in [3.8, 4) is 0 Å². The van der Waals surface area contributed by atoms with E-state index in [1.54, 1.807) is 4.90 Å². The van der Waals surface area contributed by atoms with Gasteiger partial charge in [-0.05, 0) is 25.0 Å². The van der Waals surface area contributed by atoms with Crippen LogP contribution in [0.3, 0.4) is 0 Å². The number of halogens is 2. The third-order valence-electron chi connectivity index (χ3n) is 3.34. The van der Waals surface area contributed by atoms with Gasteiger partial charge in [0.15, 0.2) is 0 Å². The van der Waals surface area contributed by atoms with Gasteiger partial charge >= 0.3 is 0 Å². The minimum atomic E-state index is -0.594. The molecule has 5 heteroatoms. The number of piperazine rings is 1. The van der Waals surface area contributed by atoms with E-state index in [0.717, 1.165) is 12.6 Å². The van der Waals surface area contributed by atoms with Crippen LogP contribution in [0.4, 0.5) is 8.78 Å². The van der Waals surface area contributed by atoms with Crippen LogP contribution in [0, 0.1) is 11.6 Å². The molecule has 1 atom stereocenters. The Labute approximate surface area is 111 Å². The molecule has 0 aliphatic carbocycles. The van der Waals surface area contributed by atoms with Crippen molar-refractivity contribution in [2.24, 2.45) is 0 Å². The van der Waals surface area contributed by atoms with E-state index in [-0.39, 0.29) is 12.3 Å². The van der Waals surface area contributed by atoms with Gasteiger partial charge in [0, 0.05) is 38.2 Å². The maximum Gasteiger partial charge on any atom is 0.222 e. The summed E-state index contributed by atoms with van der Waals surface area (Å²) in [4.78, 5) is 13.8. The van der Waals surface area contributed by atoms with Gasteiger partial charge in [0.05, 0.1) is 0 Å². The number of hydrogen-bond donors (Lipinski definition) is 1. The smallest absolute Gasteiger partial charge is 0.222 e. The molecule has 1 aromatic rings. The van der Waals surface area contributed by atoms with E-state index in [9.17, 15) is 13.6 Å². The summed E-state index contributed by atoms with van der Waals surface area (Å²) in [5, 5.41) is 3.26. The van der Waals surface area contributed by atoms with Gasteiger partial charge in [-0.25, -0.2) is 8.78 Å². The molecular formula is C14H18F2N2O. The molecule has 1 aliphatic rings. The first-order valence-electron chi connectivity index (χ1n) is 6.51. The molecule has 3 nitrogen and oxygen atoms in total. The average molecular weight is 268 g/mol. The summed E-state index contributed by atoms with van der Waals surface area (Å²) in [5.74, 6) is -1.15. The molecule has 1 saturated heterocycles. The van der Waals surface area contributed by atoms with Crippen molar-refractivity contribution in [1.29, 1.82) is 0 Å². The Balaban J connectivity index is 1.89. The predicted molar refractivity (Wildman–Crippen MR) is 68.7 cm³/mol. The fraction of sp³-hybridized carbons (Fsp3) is 0.500. The van der Waals surface area contributed by atoms with Crippen molar-refractivity contribution in [3.63, 3.8) is 0 Å². The molecule has 1 amide bonds. The number of benzene rings is 1. The molecule has 1 heterocycles. The number of carbonyl (C=O) groups excluding carboxylic acids is 1. The highest BCUT2D eigenvalue weighted by molar-refractivity contribution is 5.76. The lowest BCUT2D eigenvalue weighted by molar-refractivity contribution is -0.132. The Morgan fingerprint density at radius 2 is 2.26 bits per heavy atom. The third-order valence-corrected chi connectivity index (χ3v) is 3.34. The van der Waals surface area contributed by atoms with Crippen molar-refractivity contribution in [1.82, 2.24) is 10.2 Å². The lowest BCUT2D eigenvalue weighted by Crippen LogP contribution is -2.51. The van der Waals surface area contributed by atoms with Gasteiger partial charge in [-0.15, -0.1) is 0 Å². The summed E-state index contributed by atoms with van der Waals surface area (Å²) in [7, 11) is 0. The Morgan fingerprint density at radius 3 is 2.95 bits per heavy atom. The number of rotatable bonds is 3. The van der Waals surface area contributed by atoms with Crippen molar-refractivity contribution in [2.45, 2.75) is 25.8 Å². The standard InChI is InChI=1S/C14H18F2N2O/c1-10-9-18(7-6-17-10)14(19)5-3-11-2-4-12(15)8-13(11)16/h2,4,8,10,17H,3,5-7,9H2,1H3/t10-/m1/s1. The quantitative estimate of drug-likeness (QED) is 0.905. The summed E-state index contributed by atoms with van der Waals surface area (Å²) in [6, 6.07) is 3.76. The zero-order valence-corrected chi connectivity index (χ0v) is 11.0. The van der Waals surface area contributed by atoms with Crippen LogP contribution in [0.15, 0.2) is 18.2 Å². The van der Waals surface area contributed by atoms with Crippen molar-refractivity contribution in [2.75, 3.05) is 19.6 Å². The van der Waals surface area contributed by atoms with Crippen molar-refractivity contribution >= 4 is 5.91 Å². The second kappa shape index (κ2) is 6.10. The van der Waals surface area contributed by atoms with Crippen LogP contribution in [-0.4, -0.2) is 36.5 Å². The highest BCUT2D eigenvalue weighted by Gasteiger charge is 2.20. The highest BCUT2D eigenvalue weighted by Crippen LogP contribution is 2.12. The molecule has 0 saturated carbocycles. The number of aryl methyl sites for hydroxylation is 1. The highest BCUT2D eigenvalue weighted by atomic mass is 19.1. The van der Waals surface area contributed by atoms with Crippen LogP contribution < -0.4 is 5.32 Å². The predicted octanol–water partition coefficient (Wildman–Crippen LogP) is 1.72. The number of nitrogens with zero attached hydrogens (tertiary/aromatic N) is 1. The average Bonchev–Trinajstić information content (AvgIpc) is 2.37. The molecule has 0 bridgehead atoms. The van der Waals surface area contributed by atoms with Gasteiger partial charge in [0.2, 0.25) is 5.91 Å². The summed E-state index contributed by atoms with van der Waals surface area (Å²) in [5.41, 5.74) is 0.387. The summed E-state index contributed by atoms with van der Waals surface area (Å²) >= 11 is 0. The fourth-order valence-corrected chi connectivity index (χ4v) is 2.28. The molecule has 104 valence electrons. The van der Waals surface area contributed by atoms with Crippen molar-refractivity contribution < 1.29 is 13.6 Å². The van der Waals surface area contributed by atoms with Crippen molar-refractivity contribution in [3.05, 3.63) is 35.4 Å². The topological polar surface area (TPSA) is 32.3 Å². The van der Waals surface area contributed by atoms with E-state index >= 15 is 0 Å². The second-order valence-electron chi connectivity index (χ2n) is 4.93. The van der Waals surface area contributed by atoms with Crippen LogP contribution >= 0.6 is 0 Å². The lowest BCUT2D eigenvalue weighted by Gasteiger charge is -2.32. The van der Waals surface area contributed by atoms with Crippen LogP contribution in [0.25, 0.3) is 0 Å². The fourth-order valence-electron chi connectivity index (χ4n) is 2.28. The maximum absolute atomic E-state index is 13.4. The summed E-state index contributed by atoms with van der Waals surface area (Å²) in [6.07, 6.45) is 0.568. The molecule has 1 fully saturated rings. The number of carbonyl (C=O) groups is 1. The van der Waals surface area contributed by atoms with E-state index in [2.05, 4.69) is 5.32 Å². The van der Waals surface area contributed by atoms with E-state index in [4.69, 9.17) is 0 Å². The molecule has 0 aromatic heterocycles. The van der Waals surface area contributed by atoms with E-state index < -0.39 is 11.6 Å². The monoisotopic (exact) mass is 268 g/mol. The third kappa shape index (κ3) is 3.73. The van der Waals surface area contributed by atoms with E-state index in [1.807, 2.05) is 6.92 Å². The SMILES string of the molecule is C[C@@H]1CN(C(=O)CCc2ccc(F)cc2F)CCN1. The first-order chi connectivity index (χ1) is 9.06. The van der Waals surface area contributed by atoms with Crippen LogP contribution in [-0.2, 0) is 11.2 Å². The zero-order valence-electron chi connectivity index (χ0n) is 11.0. The van der Waals surface area contributed by atoms with E-state index in [1.165, 1.54) is 12.1 Å². The molecule has 1 aromatic carbocycles. The Hall–Kier alpha value is -1.49. The second-order valence-corrected chi connectivity index (χ2v) is 4.93. The van der Waals surface area contributed by atoms with Gasteiger partial charge in [0.1, 0.15) is 11.6 Å². The molecule has 19 heavy (non-hydrogen) atoms. The number of hydrogen-bond acceptors (Lipinski definition) is 2.